The molecule has 1 saturated carbocycles. The van der Waals surface area contributed by atoms with Gasteiger partial charge in [0.05, 0.1) is 5.41 Å². The van der Waals surface area contributed by atoms with E-state index in [0.29, 0.717) is 11.4 Å². The summed E-state index contributed by atoms with van der Waals surface area (Å²) < 4.78 is 5.16. The van der Waals surface area contributed by atoms with Gasteiger partial charge in [-0.2, -0.15) is 0 Å². The number of carboxylic acid groups (broad SMARTS) is 1. The first-order valence-corrected chi connectivity index (χ1v) is 8.27. The number of aromatic nitrogens is 1. The molecule has 1 aliphatic carbocycles. The third kappa shape index (κ3) is 3.79. The van der Waals surface area contributed by atoms with Crippen LogP contribution in [-0.2, 0) is 15.0 Å². The summed E-state index contributed by atoms with van der Waals surface area (Å²) in [4.78, 5) is 27.8. The van der Waals surface area contributed by atoms with Crippen LogP contribution in [0.25, 0.3) is 0 Å². The molecule has 0 unspecified atom stereocenters. The number of hydrogen-bond acceptors (Lipinski definition) is 4. The van der Waals surface area contributed by atoms with Crippen LogP contribution in [0, 0.1) is 0 Å². The molecule has 2 aromatic rings. The zero-order chi connectivity index (χ0) is 17.7. The third-order valence-corrected chi connectivity index (χ3v) is 4.56. The van der Waals surface area contributed by atoms with Crippen molar-refractivity contribution in [2.75, 3.05) is 11.9 Å². The van der Waals surface area contributed by atoms with E-state index in [4.69, 9.17) is 9.84 Å². The van der Waals surface area contributed by atoms with Crippen molar-refractivity contribution >= 4 is 17.6 Å². The Kier molecular flexibility index (Phi) is 4.97. The number of nitrogens with zero attached hydrogens (tertiary/aromatic N) is 1. The monoisotopic (exact) mass is 340 g/mol. The van der Waals surface area contributed by atoms with Gasteiger partial charge in [-0.25, -0.2) is 4.79 Å². The molecule has 0 saturated heterocycles. The Morgan fingerprint density at radius 1 is 1.20 bits per heavy atom. The summed E-state index contributed by atoms with van der Waals surface area (Å²) in [7, 11) is 0. The maximum atomic E-state index is 13.0. The minimum Gasteiger partial charge on any atom is -0.482 e. The molecule has 0 bridgehead atoms. The van der Waals surface area contributed by atoms with Gasteiger partial charge in [-0.05, 0) is 36.6 Å². The predicted molar refractivity (Wildman–Crippen MR) is 92.6 cm³/mol. The number of carbonyl (C=O) groups is 2. The van der Waals surface area contributed by atoms with E-state index in [9.17, 15) is 9.59 Å². The molecular weight excluding hydrogens is 320 g/mol. The summed E-state index contributed by atoms with van der Waals surface area (Å²) in [6.07, 6.45) is 7.05. The van der Waals surface area contributed by atoms with Crippen LogP contribution in [0.15, 0.2) is 48.8 Å². The smallest absolute Gasteiger partial charge is 0.341 e. The lowest BCUT2D eigenvalue weighted by molar-refractivity contribution is -0.139. The van der Waals surface area contributed by atoms with Crippen LogP contribution < -0.4 is 10.1 Å². The van der Waals surface area contributed by atoms with E-state index in [-0.39, 0.29) is 5.91 Å². The Balaban J connectivity index is 1.78. The van der Waals surface area contributed by atoms with Crippen molar-refractivity contribution in [2.24, 2.45) is 0 Å². The molecule has 1 aliphatic rings. The van der Waals surface area contributed by atoms with Gasteiger partial charge in [0.1, 0.15) is 5.75 Å². The first kappa shape index (κ1) is 17.0. The van der Waals surface area contributed by atoms with Crippen LogP contribution in [-0.4, -0.2) is 28.6 Å². The lowest BCUT2D eigenvalue weighted by Crippen LogP contribution is -2.38. The zero-order valence-electron chi connectivity index (χ0n) is 13.8. The fourth-order valence-electron chi connectivity index (χ4n) is 3.33. The van der Waals surface area contributed by atoms with E-state index < -0.39 is 18.0 Å². The summed E-state index contributed by atoms with van der Waals surface area (Å²) in [6, 6.07) is 10.6. The van der Waals surface area contributed by atoms with Crippen LogP contribution in [0.4, 0.5) is 5.69 Å². The molecule has 0 aliphatic heterocycles. The average Bonchev–Trinajstić information content (AvgIpc) is 3.12. The summed E-state index contributed by atoms with van der Waals surface area (Å²) in [5.74, 6) is -0.702. The quantitative estimate of drug-likeness (QED) is 0.844. The third-order valence-electron chi connectivity index (χ3n) is 4.56. The highest BCUT2D eigenvalue weighted by Gasteiger charge is 2.42. The molecule has 6 nitrogen and oxygen atoms in total. The van der Waals surface area contributed by atoms with Crippen LogP contribution in [0.3, 0.4) is 0 Å². The van der Waals surface area contributed by atoms with E-state index in [1.165, 1.54) is 0 Å². The average molecular weight is 340 g/mol. The second kappa shape index (κ2) is 7.34. The number of aliphatic carboxylic acids is 1. The first-order chi connectivity index (χ1) is 12.1. The number of nitrogens with one attached hydrogen (secondary N) is 1. The number of benzene rings is 1. The fraction of sp³-hybridized carbons (Fsp3) is 0.316. The van der Waals surface area contributed by atoms with Gasteiger partial charge in [0.2, 0.25) is 5.91 Å². The minimum absolute atomic E-state index is 0.0617. The Morgan fingerprint density at radius 3 is 2.68 bits per heavy atom. The highest BCUT2D eigenvalue weighted by atomic mass is 16.5. The van der Waals surface area contributed by atoms with Crippen molar-refractivity contribution in [3.8, 4) is 5.75 Å². The number of amides is 1. The molecule has 6 heteroatoms. The molecule has 0 spiro atoms. The number of carbonyl (C=O) groups excluding carboxylic acids is 1. The Labute approximate surface area is 145 Å². The lowest BCUT2D eigenvalue weighted by Gasteiger charge is -2.28. The van der Waals surface area contributed by atoms with E-state index in [0.717, 1.165) is 31.2 Å². The first-order valence-electron chi connectivity index (χ1n) is 8.27. The number of pyridine rings is 1. The maximum absolute atomic E-state index is 13.0. The zero-order valence-corrected chi connectivity index (χ0v) is 13.8. The number of rotatable bonds is 6. The standard InChI is InChI=1S/C19H20N2O4/c22-17(23)13-25-16-7-3-6-15(11-16)21-18(24)19(8-1-2-9-19)14-5-4-10-20-12-14/h3-7,10-12H,1-2,8-9,13H2,(H,21,24)(H,22,23). The van der Waals surface area contributed by atoms with Gasteiger partial charge in [0.25, 0.3) is 0 Å². The molecule has 3 rings (SSSR count). The normalized spacial score (nSPS) is 15.5. The number of carboxylic acids is 1. The molecule has 2 N–H and O–H groups in total. The summed E-state index contributed by atoms with van der Waals surface area (Å²) in [5.41, 5.74) is 0.956. The van der Waals surface area contributed by atoms with Crippen molar-refractivity contribution in [1.29, 1.82) is 0 Å². The molecule has 25 heavy (non-hydrogen) atoms. The van der Waals surface area contributed by atoms with Crippen molar-refractivity contribution in [1.82, 2.24) is 4.98 Å². The minimum atomic E-state index is -1.05. The molecule has 1 heterocycles. The second-order valence-corrected chi connectivity index (χ2v) is 6.20. The fourth-order valence-corrected chi connectivity index (χ4v) is 3.33. The summed E-state index contributed by atoms with van der Waals surface area (Å²) >= 11 is 0. The van der Waals surface area contributed by atoms with E-state index >= 15 is 0 Å². The van der Waals surface area contributed by atoms with Crippen molar-refractivity contribution < 1.29 is 19.4 Å². The highest BCUT2D eigenvalue weighted by Crippen LogP contribution is 2.41. The molecule has 0 atom stereocenters. The molecule has 1 aromatic carbocycles. The van der Waals surface area contributed by atoms with Gasteiger partial charge in [0, 0.05) is 24.1 Å². The Morgan fingerprint density at radius 2 is 2.00 bits per heavy atom. The van der Waals surface area contributed by atoms with Gasteiger partial charge < -0.3 is 15.2 Å². The van der Waals surface area contributed by atoms with Gasteiger partial charge in [-0.1, -0.05) is 25.0 Å². The molecule has 0 radical (unpaired) electrons. The molecule has 1 aromatic heterocycles. The molecule has 1 amide bonds. The highest BCUT2D eigenvalue weighted by molar-refractivity contribution is 5.99. The Bertz CT molecular complexity index is 755. The van der Waals surface area contributed by atoms with Crippen LogP contribution in [0.5, 0.6) is 5.75 Å². The summed E-state index contributed by atoms with van der Waals surface area (Å²) in [6.45, 7) is -0.420. The van der Waals surface area contributed by atoms with Crippen molar-refractivity contribution in [3.63, 3.8) is 0 Å². The lowest BCUT2D eigenvalue weighted by atomic mass is 9.78. The second-order valence-electron chi connectivity index (χ2n) is 6.20. The van der Waals surface area contributed by atoms with Gasteiger partial charge in [-0.15, -0.1) is 0 Å². The number of ether oxygens (including phenoxy) is 1. The topological polar surface area (TPSA) is 88.5 Å². The van der Waals surface area contributed by atoms with E-state index in [1.54, 1.807) is 36.7 Å². The largest absolute Gasteiger partial charge is 0.482 e. The van der Waals surface area contributed by atoms with Gasteiger partial charge in [0.15, 0.2) is 6.61 Å². The number of anilines is 1. The Hall–Kier alpha value is -2.89. The van der Waals surface area contributed by atoms with Crippen LogP contribution in [0.1, 0.15) is 31.2 Å². The molecule has 1 fully saturated rings. The summed E-state index contributed by atoms with van der Waals surface area (Å²) in [5, 5.41) is 11.6. The van der Waals surface area contributed by atoms with Gasteiger partial charge in [-0.3, -0.25) is 9.78 Å². The van der Waals surface area contributed by atoms with Crippen LogP contribution in [0.2, 0.25) is 0 Å². The number of hydrogen-bond donors (Lipinski definition) is 2. The predicted octanol–water partition coefficient (Wildman–Crippen LogP) is 3.00. The molecular formula is C19H20N2O4. The van der Waals surface area contributed by atoms with E-state index in [1.807, 2.05) is 12.1 Å². The van der Waals surface area contributed by atoms with Crippen molar-refractivity contribution in [3.05, 3.63) is 54.4 Å². The van der Waals surface area contributed by atoms with Gasteiger partial charge >= 0.3 is 5.97 Å². The van der Waals surface area contributed by atoms with E-state index in [2.05, 4.69) is 10.3 Å². The van der Waals surface area contributed by atoms with Crippen molar-refractivity contribution in [2.45, 2.75) is 31.1 Å². The maximum Gasteiger partial charge on any atom is 0.341 e. The SMILES string of the molecule is O=C(O)COc1cccc(NC(=O)C2(c3cccnc3)CCCC2)c1. The van der Waals surface area contributed by atoms with Crippen LogP contribution >= 0.6 is 0 Å². The molecule has 130 valence electrons.